The van der Waals surface area contributed by atoms with E-state index in [1.54, 1.807) is 25.3 Å². The number of carbonyl (C=O) groups excluding carboxylic acids is 1. The van der Waals surface area contributed by atoms with Gasteiger partial charge in [-0.25, -0.2) is 0 Å². The maximum absolute atomic E-state index is 11.7. The minimum Gasteiger partial charge on any atom is -0.495 e. The van der Waals surface area contributed by atoms with E-state index < -0.39 is 0 Å². The van der Waals surface area contributed by atoms with E-state index in [2.05, 4.69) is 16.0 Å². The van der Waals surface area contributed by atoms with Crippen molar-refractivity contribution in [3.05, 3.63) is 23.2 Å². The molecule has 1 aromatic carbocycles. The fourth-order valence-corrected chi connectivity index (χ4v) is 2.14. The van der Waals surface area contributed by atoms with Crippen LogP contribution in [0.4, 0.5) is 5.69 Å². The van der Waals surface area contributed by atoms with Crippen molar-refractivity contribution in [2.75, 3.05) is 38.6 Å². The number of hydrogen-bond acceptors (Lipinski definition) is 4. The smallest absolute Gasteiger partial charge is 0.221 e. The van der Waals surface area contributed by atoms with E-state index >= 15 is 0 Å². The normalized spacial score (nSPS) is 14.5. The van der Waals surface area contributed by atoms with Gasteiger partial charge in [0.1, 0.15) is 5.75 Å². The molecule has 1 aliphatic rings. The van der Waals surface area contributed by atoms with Gasteiger partial charge in [0.2, 0.25) is 5.91 Å². The van der Waals surface area contributed by atoms with Crippen LogP contribution in [0.15, 0.2) is 18.2 Å². The van der Waals surface area contributed by atoms with Gasteiger partial charge in [-0.3, -0.25) is 4.79 Å². The van der Waals surface area contributed by atoms with Crippen molar-refractivity contribution in [2.24, 2.45) is 5.92 Å². The topological polar surface area (TPSA) is 62.4 Å². The molecule has 20 heavy (non-hydrogen) atoms. The van der Waals surface area contributed by atoms with Crippen molar-refractivity contribution < 1.29 is 9.53 Å². The molecule has 0 unspecified atom stereocenters. The summed E-state index contributed by atoms with van der Waals surface area (Å²) >= 11 is 5.94. The molecule has 1 heterocycles. The molecule has 0 saturated carbocycles. The fourth-order valence-electron chi connectivity index (χ4n) is 1.97. The first-order chi connectivity index (χ1) is 9.69. The first-order valence-electron chi connectivity index (χ1n) is 6.74. The minimum atomic E-state index is 0.0606. The van der Waals surface area contributed by atoms with Crippen LogP contribution in [0.3, 0.4) is 0 Å². The van der Waals surface area contributed by atoms with Crippen LogP contribution in [0.2, 0.25) is 5.02 Å². The van der Waals surface area contributed by atoms with Gasteiger partial charge in [-0.1, -0.05) is 11.6 Å². The van der Waals surface area contributed by atoms with Gasteiger partial charge in [-0.2, -0.15) is 0 Å². The molecule has 0 spiro atoms. The number of carbonyl (C=O) groups is 1. The van der Waals surface area contributed by atoms with Crippen LogP contribution in [0.25, 0.3) is 0 Å². The van der Waals surface area contributed by atoms with Crippen molar-refractivity contribution in [3.8, 4) is 5.75 Å². The van der Waals surface area contributed by atoms with Crippen molar-refractivity contribution in [1.82, 2.24) is 10.6 Å². The Bertz CT molecular complexity index is 464. The van der Waals surface area contributed by atoms with Gasteiger partial charge in [0.15, 0.2) is 0 Å². The molecule has 6 heteroatoms. The first-order valence-corrected chi connectivity index (χ1v) is 7.11. The van der Waals surface area contributed by atoms with Crippen molar-refractivity contribution in [3.63, 3.8) is 0 Å². The number of hydrogen-bond donors (Lipinski definition) is 3. The summed E-state index contributed by atoms with van der Waals surface area (Å²) in [5.74, 6) is 1.36. The summed E-state index contributed by atoms with van der Waals surface area (Å²) in [7, 11) is 1.60. The predicted octanol–water partition coefficient (Wildman–Crippen LogP) is 1.49. The zero-order valence-corrected chi connectivity index (χ0v) is 12.3. The third-order valence-corrected chi connectivity index (χ3v) is 3.52. The highest BCUT2D eigenvalue weighted by Gasteiger charge is 2.16. The summed E-state index contributed by atoms with van der Waals surface area (Å²) < 4.78 is 5.23. The third-order valence-electron chi connectivity index (χ3n) is 3.28. The molecular weight excluding hydrogens is 278 g/mol. The van der Waals surface area contributed by atoms with E-state index in [0.29, 0.717) is 23.9 Å². The van der Waals surface area contributed by atoms with Crippen molar-refractivity contribution in [2.45, 2.75) is 6.42 Å². The monoisotopic (exact) mass is 297 g/mol. The Morgan fingerprint density at radius 3 is 2.95 bits per heavy atom. The Hall–Kier alpha value is -1.46. The van der Waals surface area contributed by atoms with E-state index in [4.69, 9.17) is 16.3 Å². The Morgan fingerprint density at radius 2 is 2.30 bits per heavy atom. The van der Waals surface area contributed by atoms with Crippen LogP contribution in [0, 0.1) is 5.92 Å². The van der Waals surface area contributed by atoms with Gasteiger partial charge in [0.05, 0.1) is 12.8 Å². The maximum Gasteiger partial charge on any atom is 0.221 e. The number of methoxy groups -OCH3 is 1. The first kappa shape index (κ1) is 14.9. The molecule has 1 aliphatic heterocycles. The largest absolute Gasteiger partial charge is 0.495 e. The fraction of sp³-hybridized carbons (Fsp3) is 0.500. The average Bonchev–Trinajstić information content (AvgIpc) is 2.37. The number of ether oxygens (including phenoxy) is 1. The molecule has 1 aromatic rings. The number of amides is 1. The standard InChI is InChI=1S/C14H20ClN3O2/c1-20-13-3-2-11(15)6-12(13)17-5-4-14(19)18-9-10-7-16-8-10/h2-3,6,10,16-17H,4-5,7-9H2,1H3,(H,18,19). The molecule has 1 saturated heterocycles. The molecule has 0 bridgehead atoms. The van der Waals surface area contributed by atoms with Crippen LogP contribution >= 0.6 is 11.6 Å². The van der Waals surface area contributed by atoms with E-state index in [9.17, 15) is 4.79 Å². The van der Waals surface area contributed by atoms with Crippen LogP contribution in [-0.2, 0) is 4.79 Å². The average molecular weight is 298 g/mol. The lowest BCUT2D eigenvalue weighted by molar-refractivity contribution is -0.121. The predicted molar refractivity (Wildman–Crippen MR) is 80.5 cm³/mol. The number of benzene rings is 1. The molecular formula is C14H20ClN3O2. The molecule has 5 nitrogen and oxygen atoms in total. The van der Waals surface area contributed by atoms with E-state index in [1.165, 1.54) is 0 Å². The minimum absolute atomic E-state index is 0.0606. The van der Waals surface area contributed by atoms with Crippen LogP contribution in [-0.4, -0.2) is 39.2 Å². The molecule has 3 N–H and O–H groups in total. The summed E-state index contributed by atoms with van der Waals surface area (Å²) in [6.07, 6.45) is 0.426. The van der Waals surface area contributed by atoms with Gasteiger partial charge in [0.25, 0.3) is 0 Å². The number of rotatable bonds is 7. The van der Waals surface area contributed by atoms with E-state index in [1.807, 2.05) is 0 Å². The lowest BCUT2D eigenvalue weighted by Crippen LogP contribution is -2.48. The molecule has 0 aliphatic carbocycles. The zero-order valence-electron chi connectivity index (χ0n) is 11.5. The van der Waals surface area contributed by atoms with Crippen LogP contribution in [0.5, 0.6) is 5.75 Å². The molecule has 1 amide bonds. The third kappa shape index (κ3) is 4.28. The second-order valence-electron chi connectivity index (χ2n) is 4.85. The van der Waals surface area contributed by atoms with Gasteiger partial charge >= 0.3 is 0 Å². The number of anilines is 1. The molecule has 2 rings (SSSR count). The van der Waals surface area contributed by atoms with Crippen molar-refractivity contribution >= 4 is 23.2 Å². The summed E-state index contributed by atoms with van der Waals surface area (Å²) in [5, 5.41) is 9.92. The second-order valence-corrected chi connectivity index (χ2v) is 5.29. The summed E-state index contributed by atoms with van der Waals surface area (Å²) in [6.45, 7) is 3.30. The second kappa shape index (κ2) is 7.36. The molecule has 0 radical (unpaired) electrons. The van der Waals surface area contributed by atoms with Gasteiger partial charge in [-0.05, 0) is 18.2 Å². The molecule has 0 atom stereocenters. The Balaban J connectivity index is 1.71. The lowest BCUT2D eigenvalue weighted by Gasteiger charge is -2.27. The molecule has 1 fully saturated rings. The van der Waals surface area contributed by atoms with Gasteiger partial charge in [0, 0.05) is 43.5 Å². The summed E-state index contributed by atoms with van der Waals surface area (Å²) in [4.78, 5) is 11.7. The van der Waals surface area contributed by atoms with Gasteiger partial charge < -0.3 is 20.7 Å². The van der Waals surface area contributed by atoms with Gasteiger partial charge in [-0.15, -0.1) is 0 Å². The number of halogens is 1. The highest BCUT2D eigenvalue weighted by molar-refractivity contribution is 6.30. The summed E-state index contributed by atoms with van der Waals surface area (Å²) in [6, 6.07) is 5.36. The SMILES string of the molecule is COc1ccc(Cl)cc1NCCC(=O)NCC1CNC1. The Kier molecular flexibility index (Phi) is 5.49. The number of nitrogens with one attached hydrogen (secondary N) is 3. The summed E-state index contributed by atoms with van der Waals surface area (Å²) in [5.41, 5.74) is 0.802. The Morgan fingerprint density at radius 1 is 1.50 bits per heavy atom. The molecule has 110 valence electrons. The van der Waals surface area contributed by atoms with E-state index in [-0.39, 0.29) is 5.91 Å². The van der Waals surface area contributed by atoms with Crippen molar-refractivity contribution in [1.29, 1.82) is 0 Å². The highest BCUT2D eigenvalue weighted by atomic mass is 35.5. The zero-order chi connectivity index (χ0) is 14.4. The Labute approximate surface area is 124 Å². The van der Waals surface area contributed by atoms with E-state index in [0.717, 1.165) is 31.1 Å². The molecule has 0 aromatic heterocycles. The lowest BCUT2D eigenvalue weighted by atomic mass is 10.0. The van der Waals surface area contributed by atoms with Crippen LogP contribution < -0.4 is 20.7 Å². The maximum atomic E-state index is 11.7. The van der Waals surface area contributed by atoms with Crippen LogP contribution in [0.1, 0.15) is 6.42 Å². The quantitative estimate of drug-likeness (QED) is 0.713. The highest BCUT2D eigenvalue weighted by Crippen LogP contribution is 2.27.